The largest absolute Gasteiger partial charge is 0.307 e. The molecule has 0 bridgehead atoms. The van der Waals surface area contributed by atoms with Crippen LogP contribution < -0.4 is 4.57 Å². The van der Waals surface area contributed by atoms with Crippen molar-refractivity contribution >= 4 is 49.0 Å². The molecule has 3 heterocycles. The number of nitrogens with zero attached hydrogens (tertiary/aromatic N) is 2. The van der Waals surface area contributed by atoms with E-state index in [0.29, 0.717) is 12.1 Å². The van der Waals surface area contributed by atoms with Gasteiger partial charge in [0.2, 0.25) is 5.52 Å². The highest BCUT2D eigenvalue weighted by atomic mass is 14.9. The van der Waals surface area contributed by atoms with Gasteiger partial charge in [-0.05, 0) is 30.0 Å². The van der Waals surface area contributed by atoms with Crippen molar-refractivity contribution in [2.24, 2.45) is 7.05 Å². The summed E-state index contributed by atoms with van der Waals surface area (Å²) >= 11 is 0. The summed E-state index contributed by atoms with van der Waals surface area (Å²) in [6, 6.07) is 17.3. The fourth-order valence-electron chi connectivity index (χ4n) is 4.40. The van der Waals surface area contributed by atoms with Crippen LogP contribution in [0.1, 0.15) is 8.30 Å². The molecule has 6 rings (SSSR count). The second kappa shape index (κ2) is 4.28. The van der Waals surface area contributed by atoms with Crippen LogP contribution in [-0.4, -0.2) is 4.40 Å². The van der Waals surface area contributed by atoms with E-state index in [2.05, 4.69) is 47.3 Å². The molecule has 0 aliphatic heterocycles. The Labute approximate surface area is 147 Å². The second-order valence-corrected chi connectivity index (χ2v) is 6.85. The third-order valence-corrected chi connectivity index (χ3v) is 5.47. The molecule has 0 unspecified atom stereocenters. The first-order valence-electron chi connectivity index (χ1n) is 9.54. The number of aryl methyl sites for hydroxylation is 2. The van der Waals surface area contributed by atoms with Crippen LogP contribution in [0.3, 0.4) is 0 Å². The molecule has 2 heteroatoms. The zero-order valence-electron chi connectivity index (χ0n) is 16.1. The smallest absolute Gasteiger partial charge is 0.224 e. The van der Waals surface area contributed by atoms with Gasteiger partial charge in [0.1, 0.15) is 7.05 Å². The van der Waals surface area contributed by atoms with Crippen molar-refractivity contribution in [3.63, 3.8) is 0 Å². The summed E-state index contributed by atoms with van der Waals surface area (Å²) in [7, 11) is 2.06. The Morgan fingerprint density at radius 3 is 2.68 bits per heavy atom. The standard InChI is InChI=1S/C23H17N2/c1-14-10-11-17-16-7-3-4-8-18(16)25-19-9-5-6-15-12-13-24(2)23(21(15)19)20(14)22(17)25/h3-13H,1-2H3/q+1/i9D,11D. The molecule has 0 spiro atoms. The quantitative estimate of drug-likeness (QED) is 0.208. The van der Waals surface area contributed by atoms with Gasteiger partial charge in [0, 0.05) is 16.8 Å². The van der Waals surface area contributed by atoms with E-state index in [-0.39, 0.29) is 0 Å². The number of hydrogen-bond donors (Lipinski definition) is 0. The highest BCUT2D eigenvalue weighted by Crippen LogP contribution is 2.40. The van der Waals surface area contributed by atoms with Crippen LogP contribution in [-0.2, 0) is 7.05 Å². The molecule has 0 atom stereocenters. The van der Waals surface area contributed by atoms with Gasteiger partial charge < -0.3 is 4.40 Å². The lowest BCUT2D eigenvalue weighted by atomic mass is 10.00. The number of rotatable bonds is 0. The predicted octanol–water partition coefficient (Wildman–Crippen LogP) is 5.12. The molecule has 0 aliphatic carbocycles. The van der Waals surface area contributed by atoms with Crippen molar-refractivity contribution in [1.82, 2.24) is 4.40 Å². The lowest BCUT2D eigenvalue weighted by Gasteiger charge is -2.12. The molecule has 0 aliphatic rings. The van der Waals surface area contributed by atoms with Gasteiger partial charge in [-0.1, -0.05) is 42.4 Å². The molecular weight excluding hydrogens is 304 g/mol. The number of aromatic nitrogens is 2. The Hall–Kier alpha value is -3.13. The molecule has 118 valence electrons. The number of pyridine rings is 2. The summed E-state index contributed by atoms with van der Waals surface area (Å²) in [5.74, 6) is 0. The molecule has 3 aromatic carbocycles. The Balaban J connectivity index is 2.20. The van der Waals surface area contributed by atoms with Crippen LogP contribution in [0.2, 0.25) is 0 Å². The molecule has 0 fully saturated rings. The number of para-hydroxylation sites is 1. The average molecular weight is 323 g/mol. The molecular formula is C23H17N2+. The average Bonchev–Trinajstić information content (AvgIpc) is 3.00. The van der Waals surface area contributed by atoms with Crippen molar-refractivity contribution < 1.29 is 7.31 Å². The molecule has 6 aromatic rings. The first kappa shape index (κ1) is 11.4. The van der Waals surface area contributed by atoms with E-state index in [0.717, 1.165) is 49.2 Å². The van der Waals surface area contributed by atoms with Crippen molar-refractivity contribution in [2.75, 3.05) is 0 Å². The summed E-state index contributed by atoms with van der Waals surface area (Å²) in [5, 5.41) is 5.47. The molecule has 0 N–H and O–H groups in total. The van der Waals surface area contributed by atoms with Gasteiger partial charge in [-0.15, -0.1) is 0 Å². The Morgan fingerprint density at radius 2 is 1.76 bits per heavy atom. The summed E-state index contributed by atoms with van der Waals surface area (Å²) in [6.45, 7) is 2.09. The maximum atomic E-state index is 8.70. The van der Waals surface area contributed by atoms with E-state index in [1.165, 1.54) is 5.39 Å². The van der Waals surface area contributed by atoms with Crippen molar-refractivity contribution in [3.8, 4) is 0 Å². The lowest BCUT2D eigenvalue weighted by molar-refractivity contribution is -0.643. The SMILES string of the molecule is [2H]c1cc(C)c2c3c1c1ccccc1n3c1c([2H])ccc3cc[n+](C)c2c31. The minimum Gasteiger partial charge on any atom is -0.307 e. The Bertz CT molecular complexity index is 1550. The van der Waals surface area contributed by atoms with Crippen LogP contribution >= 0.6 is 0 Å². The summed E-state index contributed by atoms with van der Waals surface area (Å²) in [6.07, 6.45) is 2.09. The molecule has 3 aromatic heterocycles. The van der Waals surface area contributed by atoms with Gasteiger partial charge in [0.05, 0.1) is 30.1 Å². The van der Waals surface area contributed by atoms with Gasteiger partial charge in [-0.2, -0.15) is 0 Å². The van der Waals surface area contributed by atoms with Gasteiger partial charge in [0.25, 0.3) is 0 Å². The van der Waals surface area contributed by atoms with Crippen molar-refractivity contribution in [3.05, 3.63) is 72.4 Å². The van der Waals surface area contributed by atoms with Crippen molar-refractivity contribution in [1.29, 1.82) is 0 Å². The first-order valence-corrected chi connectivity index (χ1v) is 8.54. The third-order valence-electron chi connectivity index (χ3n) is 5.47. The summed E-state index contributed by atoms with van der Waals surface area (Å²) in [4.78, 5) is 0. The van der Waals surface area contributed by atoms with E-state index in [1.54, 1.807) is 0 Å². The summed E-state index contributed by atoms with van der Waals surface area (Å²) < 4.78 is 21.7. The maximum absolute atomic E-state index is 8.70. The summed E-state index contributed by atoms with van der Waals surface area (Å²) in [5.41, 5.74) is 5.26. The van der Waals surface area contributed by atoms with Gasteiger partial charge in [0.15, 0.2) is 6.20 Å². The zero-order valence-corrected chi connectivity index (χ0v) is 14.1. The van der Waals surface area contributed by atoms with E-state index in [1.807, 2.05) is 30.3 Å². The molecule has 0 saturated carbocycles. The van der Waals surface area contributed by atoms with Gasteiger partial charge in [-0.25, -0.2) is 4.57 Å². The highest BCUT2D eigenvalue weighted by molar-refractivity contribution is 6.25. The van der Waals surface area contributed by atoms with Crippen LogP contribution in [0.4, 0.5) is 0 Å². The Kier molecular flexibility index (Phi) is 1.96. The van der Waals surface area contributed by atoms with E-state index >= 15 is 0 Å². The van der Waals surface area contributed by atoms with Crippen LogP contribution in [0, 0.1) is 6.92 Å². The molecule has 0 radical (unpaired) electrons. The first-order chi connectivity index (χ1) is 13.1. The fraction of sp³-hybridized carbons (Fsp3) is 0.0870. The predicted molar refractivity (Wildman–Crippen MR) is 105 cm³/mol. The van der Waals surface area contributed by atoms with Gasteiger partial charge >= 0.3 is 0 Å². The second-order valence-electron chi connectivity index (χ2n) is 6.85. The lowest BCUT2D eigenvalue weighted by Crippen LogP contribution is -2.28. The molecule has 2 nitrogen and oxygen atoms in total. The third kappa shape index (κ3) is 1.44. The highest BCUT2D eigenvalue weighted by Gasteiger charge is 2.22. The number of fused-ring (bicyclic) bond motifs is 5. The normalized spacial score (nSPS) is 13.5. The van der Waals surface area contributed by atoms with Crippen molar-refractivity contribution in [2.45, 2.75) is 6.92 Å². The fourth-order valence-corrected chi connectivity index (χ4v) is 4.40. The van der Waals surface area contributed by atoms with E-state index in [9.17, 15) is 0 Å². The monoisotopic (exact) mass is 323 g/mol. The molecule has 0 amide bonds. The Morgan fingerprint density at radius 1 is 0.880 bits per heavy atom. The molecule has 25 heavy (non-hydrogen) atoms. The van der Waals surface area contributed by atoms with Gasteiger partial charge in [-0.3, -0.25) is 0 Å². The van der Waals surface area contributed by atoms with Crippen LogP contribution in [0.25, 0.3) is 49.0 Å². The minimum absolute atomic E-state index is 0.510. The minimum atomic E-state index is 0.510. The van der Waals surface area contributed by atoms with Crippen LogP contribution in [0.5, 0.6) is 0 Å². The molecule has 0 saturated heterocycles. The topological polar surface area (TPSA) is 8.29 Å². The maximum Gasteiger partial charge on any atom is 0.224 e. The van der Waals surface area contributed by atoms with E-state index in [4.69, 9.17) is 2.74 Å². The van der Waals surface area contributed by atoms with Crippen LogP contribution in [0.15, 0.2) is 66.8 Å². The number of benzene rings is 3. The van der Waals surface area contributed by atoms with E-state index < -0.39 is 0 Å². The zero-order chi connectivity index (χ0) is 18.4. The number of hydrogen-bond acceptors (Lipinski definition) is 0.